The molecule has 0 aliphatic rings. The summed E-state index contributed by atoms with van der Waals surface area (Å²) in [6.07, 6.45) is -0.463. The minimum atomic E-state index is -6.03. The molecule has 0 aliphatic carbocycles. The Hall–Kier alpha value is -5.44. The Labute approximate surface area is 312 Å². The molecule has 0 aliphatic heterocycles. The van der Waals surface area contributed by atoms with E-state index in [-0.39, 0.29) is 38.0 Å². The van der Waals surface area contributed by atoms with Gasteiger partial charge in [-0.15, -0.1) is 13.5 Å². The Bertz CT molecular complexity index is 2280. The predicted molar refractivity (Wildman–Crippen MR) is 199 cm³/mol. The van der Waals surface area contributed by atoms with Crippen LogP contribution in [0.15, 0.2) is 146 Å². The predicted octanol–water partition coefficient (Wildman–Crippen LogP) is 11.1. The van der Waals surface area contributed by atoms with E-state index in [1.54, 1.807) is 84.9 Å². The van der Waals surface area contributed by atoms with E-state index < -0.39 is 38.0 Å². The fraction of sp³-hybridized carbons (Fsp3) is 0.175. The molecule has 0 saturated carbocycles. The molecular weight excluding hydrogens is 742 g/mol. The average molecular weight is 778 g/mol. The average Bonchev–Trinajstić information content (AvgIpc) is 3.62. The normalized spacial score (nSPS) is 12.5. The number of hydrogen-bond acceptors (Lipinski definition) is 8. The minimum Gasteiger partial charge on any atom is -0.457 e. The van der Waals surface area contributed by atoms with Crippen LogP contribution in [-0.2, 0) is 10.1 Å². The van der Waals surface area contributed by atoms with Gasteiger partial charge in [-0.05, 0) is 95.8 Å². The first-order valence-electron chi connectivity index (χ1n) is 16.7. The third kappa shape index (κ3) is 8.05. The van der Waals surface area contributed by atoms with Crippen LogP contribution in [0.2, 0.25) is 0 Å². The highest BCUT2D eigenvalue weighted by atomic mass is 32.3. The van der Waals surface area contributed by atoms with Crippen molar-refractivity contribution in [3.05, 3.63) is 144 Å². The van der Waals surface area contributed by atoms with Gasteiger partial charge in [0.15, 0.2) is 0 Å². The van der Waals surface area contributed by atoms with E-state index in [0.717, 1.165) is 11.1 Å². The molecule has 9 nitrogen and oxygen atoms in total. The number of rotatable bonds is 12. The van der Waals surface area contributed by atoms with E-state index >= 15 is 0 Å². The van der Waals surface area contributed by atoms with E-state index in [1.807, 2.05) is 45.9 Å². The van der Waals surface area contributed by atoms with Gasteiger partial charge in [-0.3, -0.25) is 3.63 Å². The number of alkyl halides is 3. The van der Waals surface area contributed by atoms with Crippen LogP contribution in [0, 0.1) is 0 Å². The molecule has 0 amide bonds. The van der Waals surface area contributed by atoms with Gasteiger partial charge < -0.3 is 13.9 Å². The second kappa shape index (κ2) is 15.5. The molecule has 0 fully saturated rings. The molecule has 5 aromatic carbocycles. The second-order valence-electron chi connectivity index (χ2n) is 12.7. The number of esters is 1. The Balaban J connectivity index is 1.36. The highest BCUT2D eigenvalue weighted by molar-refractivity contribution is 8.32. The van der Waals surface area contributed by atoms with Gasteiger partial charge >= 0.3 is 27.7 Å². The standard InChI is InChI=1S/C40H35F3N2O7S2/c1-26(2)28-14-20-32(21-15-28)53(52-54(47,48)40(41,42)43,33-22-16-29(17-23-33)27(3)4)34-24-18-30(19-25-34)38(46)51-39-45-44-37(50-39)35-12-8-9-13-36(35)49-31-10-6-5-7-11-31/h5-27H,1-4H3/p+1. The molecule has 0 atom stereocenters. The van der Waals surface area contributed by atoms with Crippen LogP contribution in [0.5, 0.6) is 17.6 Å². The molecule has 0 bridgehead atoms. The van der Waals surface area contributed by atoms with Gasteiger partial charge in [0.1, 0.15) is 11.5 Å². The topological polar surface area (TPSA) is 121 Å². The SMILES string of the molecule is CC(C)c1ccc(S([OH+]S(=O)(=O)C(F)(F)F)(c2ccc(C(=O)Oc3nnc(-c4ccccc4Oc4ccccc4)o3)cc2)c2ccc(C(C)C)cc2)cc1. The van der Waals surface area contributed by atoms with E-state index in [2.05, 4.69) is 13.8 Å². The molecule has 0 unspecified atom stereocenters. The van der Waals surface area contributed by atoms with Crippen LogP contribution in [0.1, 0.15) is 61.0 Å². The number of para-hydroxylation sites is 2. The van der Waals surface area contributed by atoms with Crippen molar-refractivity contribution < 1.29 is 43.9 Å². The maximum absolute atomic E-state index is 14.1. The number of carbonyl (C=O) groups excluding carboxylic acids is 1. The Morgan fingerprint density at radius 2 is 1.19 bits per heavy atom. The van der Waals surface area contributed by atoms with Gasteiger partial charge in [0.05, 0.1) is 36.1 Å². The van der Waals surface area contributed by atoms with Crippen molar-refractivity contribution in [1.29, 1.82) is 0 Å². The number of halogens is 3. The van der Waals surface area contributed by atoms with Crippen LogP contribution in [0.4, 0.5) is 13.2 Å². The zero-order valence-electron chi connectivity index (χ0n) is 29.5. The lowest BCUT2D eigenvalue weighted by Crippen LogP contribution is -2.30. The molecule has 280 valence electrons. The lowest BCUT2D eigenvalue weighted by molar-refractivity contribution is -0.0540. The summed E-state index contributed by atoms with van der Waals surface area (Å²) in [4.78, 5) is 13.9. The first-order valence-corrected chi connectivity index (χ1v) is 19.8. The Morgan fingerprint density at radius 1 is 0.685 bits per heavy atom. The van der Waals surface area contributed by atoms with Gasteiger partial charge in [-0.1, -0.05) is 87.4 Å². The van der Waals surface area contributed by atoms with Crippen molar-refractivity contribution in [1.82, 2.24) is 10.2 Å². The van der Waals surface area contributed by atoms with Crippen LogP contribution in [0.25, 0.3) is 11.5 Å². The van der Waals surface area contributed by atoms with Gasteiger partial charge in [0.2, 0.25) is 0 Å². The van der Waals surface area contributed by atoms with Gasteiger partial charge in [0.25, 0.3) is 5.89 Å². The molecular formula is C40H36F3N2O7S2+. The zero-order chi connectivity index (χ0) is 38.7. The van der Waals surface area contributed by atoms with E-state index in [1.165, 1.54) is 24.3 Å². The molecule has 6 aromatic rings. The summed E-state index contributed by atoms with van der Waals surface area (Å²) >= 11 is 0. The first-order chi connectivity index (χ1) is 25.7. The van der Waals surface area contributed by atoms with Crippen LogP contribution >= 0.6 is 10.3 Å². The molecule has 0 spiro atoms. The van der Waals surface area contributed by atoms with Gasteiger partial charge in [0, 0.05) is 0 Å². The Kier molecular flexibility index (Phi) is 11.0. The zero-order valence-corrected chi connectivity index (χ0v) is 31.2. The van der Waals surface area contributed by atoms with Crippen LogP contribution in [-0.4, -0.2) is 33.7 Å². The van der Waals surface area contributed by atoms with Crippen LogP contribution in [0.3, 0.4) is 0 Å². The van der Waals surface area contributed by atoms with Crippen molar-refractivity contribution in [2.45, 2.75) is 59.7 Å². The number of ether oxygens (including phenoxy) is 2. The summed E-state index contributed by atoms with van der Waals surface area (Å²) in [5, 5.41) is 7.85. The summed E-state index contributed by atoms with van der Waals surface area (Å²) in [7, 11) is -9.53. The van der Waals surface area contributed by atoms with E-state index in [0.29, 0.717) is 17.1 Å². The third-order valence-electron chi connectivity index (χ3n) is 8.38. The summed E-state index contributed by atoms with van der Waals surface area (Å²) in [5.74, 6) is 0.308. The van der Waals surface area contributed by atoms with Crippen molar-refractivity contribution >= 4 is 26.4 Å². The summed E-state index contributed by atoms with van der Waals surface area (Å²) in [5.41, 5.74) is -3.45. The summed E-state index contributed by atoms with van der Waals surface area (Å²) in [6, 6.07) is 34.8. The lowest BCUT2D eigenvalue weighted by Gasteiger charge is -2.35. The van der Waals surface area contributed by atoms with Gasteiger partial charge in [-0.25, -0.2) is 4.79 Å². The van der Waals surface area contributed by atoms with Gasteiger partial charge in [-0.2, -0.15) is 13.2 Å². The smallest absolute Gasteiger partial charge is 0.457 e. The van der Waals surface area contributed by atoms with Crippen molar-refractivity contribution in [2.24, 2.45) is 0 Å². The number of benzene rings is 5. The molecule has 0 saturated heterocycles. The maximum atomic E-state index is 14.1. The van der Waals surface area contributed by atoms with Crippen molar-refractivity contribution in [2.75, 3.05) is 0 Å². The fourth-order valence-corrected chi connectivity index (χ4v) is 10.4. The largest absolute Gasteiger partial charge is 0.572 e. The number of hydrogen-bond donors (Lipinski definition) is 0. The quantitative estimate of drug-likeness (QED) is 0.0521. The third-order valence-corrected chi connectivity index (χ3v) is 13.5. The van der Waals surface area contributed by atoms with Crippen LogP contribution < -0.4 is 9.47 Å². The second-order valence-corrected chi connectivity index (χ2v) is 17.3. The molecule has 1 heterocycles. The highest BCUT2D eigenvalue weighted by Gasteiger charge is 2.58. The van der Waals surface area contributed by atoms with E-state index in [9.17, 15) is 26.4 Å². The summed E-state index contributed by atoms with van der Waals surface area (Å²) < 4.78 is 88.9. The fourth-order valence-electron chi connectivity index (χ4n) is 5.46. The van der Waals surface area contributed by atoms with Crippen molar-refractivity contribution in [3.63, 3.8) is 0 Å². The minimum absolute atomic E-state index is 0.0209. The molecule has 1 N–H and O–H groups in total. The maximum Gasteiger partial charge on any atom is 0.572 e. The van der Waals surface area contributed by atoms with Crippen molar-refractivity contribution in [3.8, 4) is 29.0 Å². The Morgan fingerprint density at radius 3 is 1.70 bits per heavy atom. The monoisotopic (exact) mass is 777 g/mol. The molecule has 0 radical (unpaired) electrons. The lowest BCUT2D eigenvalue weighted by atomic mass is 10.0. The van der Waals surface area contributed by atoms with E-state index in [4.69, 9.17) is 13.9 Å². The number of aromatic nitrogens is 2. The summed E-state index contributed by atoms with van der Waals surface area (Å²) in [6.45, 7) is 7.85. The highest BCUT2D eigenvalue weighted by Crippen LogP contribution is 2.69. The molecule has 54 heavy (non-hydrogen) atoms. The number of nitrogens with zero attached hydrogens (tertiary/aromatic N) is 2. The molecule has 6 rings (SSSR count). The molecule has 14 heteroatoms. The molecule has 1 aromatic heterocycles. The first kappa shape index (κ1) is 38.3. The number of carbonyl (C=O) groups is 1.